The first-order chi connectivity index (χ1) is 31.0. The van der Waals surface area contributed by atoms with Crippen molar-refractivity contribution in [2.45, 2.75) is 297 Å². The summed E-state index contributed by atoms with van der Waals surface area (Å²) in [5.74, 6) is -0.877. The Morgan fingerprint density at radius 2 is 0.619 bits per heavy atom. The van der Waals surface area contributed by atoms with Crippen molar-refractivity contribution < 1.29 is 28.6 Å². The Labute approximate surface area is 391 Å². The Morgan fingerprint density at radius 3 is 0.968 bits per heavy atom. The Balaban J connectivity index is 4.30. The predicted molar refractivity (Wildman–Crippen MR) is 270 cm³/mol. The summed E-state index contributed by atoms with van der Waals surface area (Å²) in [7, 11) is 0. The second-order valence-corrected chi connectivity index (χ2v) is 18.5. The smallest absolute Gasteiger partial charge is 0.306 e. The van der Waals surface area contributed by atoms with Crippen molar-refractivity contribution in [3.05, 3.63) is 36.5 Å². The molecule has 0 rings (SSSR count). The molecule has 0 aliphatic rings. The number of esters is 3. The highest BCUT2D eigenvalue weighted by Crippen LogP contribution is 2.17. The molecule has 0 radical (unpaired) electrons. The van der Waals surface area contributed by atoms with Gasteiger partial charge in [-0.25, -0.2) is 0 Å². The highest BCUT2D eigenvalue weighted by molar-refractivity contribution is 5.71. The number of hydrogen-bond donors (Lipinski definition) is 0. The van der Waals surface area contributed by atoms with Gasteiger partial charge in [0.15, 0.2) is 6.10 Å². The zero-order chi connectivity index (χ0) is 45.8. The summed E-state index contributed by atoms with van der Waals surface area (Å²) >= 11 is 0. The fraction of sp³-hybridized carbons (Fsp3) is 0.842. The van der Waals surface area contributed by atoms with E-state index in [0.29, 0.717) is 19.3 Å². The van der Waals surface area contributed by atoms with E-state index in [1.807, 2.05) is 0 Å². The average Bonchev–Trinajstić information content (AvgIpc) is 3.28. The van der Waals surface area contributed by atoms with Crippen LogP contribution in [0.3, 0.4) is 0 Å². The Hall–Kier alpha value is -2.37. The molecule has 1 unspecified atom stereocenters. The van der Waals surface area contributed by atoms with Crippen LogP contribution in [0.1, 0.15) is 290 Å². The molecular formula is C57H104O6. The minimum atomic E-state index is -0.776. The molecule has 0 saturated heterocycles. The van der Waals surface area contributed by atoms with E-state index in [2.05, 4.69) is 57.2 Å². The van der Waals surface area contributed by atoms with Crippen LogP contribution in [-0.4, -0.2) is 37.2 Å². The maximum Gasteiger partial charge on any atom is 0.306 e. The van der Waals surface area contributed by atoms with Crippen LogP contribution in [0.25, 0.3) is 0 Å². The molecule has 0 aromatic rings. The van der Waals surface area contributed by atoms with Crippen LogP contribution < -0.4 is 0 Å². The van der Waals surface area contributed by atoms with Gasteiger partial charge in [-0.3, -0.25) is 14.4 Å². The lowest BCUT2D eigenvalue weighted by Gasteiger charge is -2.18. The van der Waals surface area contributed by atoms with Crippen molar-refractivity contribution in [1.29, 1.82) is 0 Å². The fourth-order valence-corrected chi connectivity index (χ4v) is 8.05. The van der Waals surface area contributed by atoms with Crippen molar-refractivity contribution in [1.82, 2.24) is 0 Å². The van der Waals surface area contributed by atoms with Crippen LogP contribution in [0, 0.1) is 0 Å². The molecule has 6 nitrogen and oxygen atoms in total. The van der Waals surface area contributed by atoms with Gasteiger partial charge < -0.3 is 14.2 Å². The highest BCUT2D eigenvalue weighted by Gasteiger charge is 2.19. The molecule has 6 heteroatoms. The Bertz CT molecular complexity index is 1060. The Morgan fingerprint density at radius 1 is 0.333 bits per heavy atom. The summed E-state index contributed by atoms with van der Waals surface area (Å²) in [5.41, 5.74) is 0. The molecule has 0 bridgehead atoms. The molecule has 0 aliphatic carbocycles. The highest BCUT2D eigenvalue weighted by atomic mass is 16.6. The van der Waals surface area contributed by atoms with E-state index in [1.54, 1.807) is 0 Å². The second-order valence-electron chi connectivity index (χ2n) is 18.5. The molecular weight excluding hydrogens is 781 g/mol. The number of ether oxygens (including phenoxy) is 3. The quantitative estimate of drug-likeness (QED) is 0.0262. The number of carbonyl (C=O) groups is 3. The fourth-order valence-electron chi connectivity index (χ4n) is 8.05. The lowest BCUT2D eigenvalue weighted by molar-refractivity contribution is -0.167. The third-order valence-corrected chi connectivity index (χ3v) is 12.2. The van der Waals surface area contributed by atoms with Gasteiger partial charge in [-0.15, -0.1) is 0 Å². The van der Waals surface area contributed by atoms with Gasteiger partial charge in [0.05, 0.1) is 0 Å². The van der Waals surface area contributed by atoms with Gasteiger partial charge in [-0.2, -0.15) is 0 Å². The molecule has 0 spiro atoms. The van der Waals surface area contributed by atoms with Crippen LogP contribution in [0.2, 0.25) is 0 Å². The topological polar surface area (TPSA) is 78.9 Å². The van der Waals surface area contributed by atoms with E-state index in [4.69, 9.17) is 14.2 Å². The van der Waals surface area contributed by atoms with Gasteiger partial charge >= 0.3 is 17.9 Å². The summed E-state index contributed by atoms with van der Waals surface area (Å²) in [6.45, 7) is 6.54. The third-order valence-electron chi connectivity index (χ3n) is 12.2. The number of carbonyl (C=O) groups excluding carboxylic acids is 3. The van der Waals surface area contributed by atoms with E-state index >= 15 is 0 Å². The molecule has 0 aromatic heterocycles. The first-order valence-corrected chi connectivity index (χ1v) is 27.5. The first kappa shape index (κ1) is 60.6. The second kappa shape index (κ2) is 52.3. The molecule has 0 aromatic carbocycles. The maximum atomic E-state index is 12.8. The van der Waals surface area contributed by atoms with E-state index < -0.39 is 6.10 Å². The lowest BCUT2D eigenvalue weighted by atomic mass is 10.0. The molecule has 368 valence electrons. The first-order valence-electron chi connectivity index (χ1n) is 27.5. The zero-order valence-corrected chi connectivity index (χ0v) is 42.1. The van der Waals surface area contributed by atoms with Crippen molar-refractivity contribution >= 4 is 17.9 Å². The van der Waals surface area contributed by atoms with Gasteiger partial charge in [0.1, 0.15) is 13.2 Å². The van der Waals surface area contributed by atoms with Gasteiger partial charge in [0.2, 0.25) is 0 Å². The van der Waals surface area contributed by atoms with Gasteiger partial charge in [0.25, 0.3) is 0 Å². The van der Waals surface area contributed by atoms with E-state index in [0.717, 1.165) is 96.3 Å². The molecule has 1 atom stereocenters. The normalized spacial score (nSPS) is 12.2. The predicted octanol–water partition coefficient (Wildman–Crippen LogP) is 18.1. The van der Waals surface area contributed by atoms with Crippen molar-refractivity contribution in [3.8, 4) is 0 Å². The van der Waals surface area contributed by atoms with Crippen LogP contribution in [0.4, 0.5) is 0 Å². The minimum absolute atomic E-state index is 0.0748. The van der Waals surface area contributed by atoms with Crippen LogP contribution in [-0.2, 0) is 28.6 Å². The molecule has 0 fully saturated rings. The zero-order valence-electron chi connectivity index (χ0n) is 42.1. The van der Waals surface area contributed by atoms with E-state index in [9.17, 15) is 14.4 Å². The Kier molecular flexibility index (Phi) is 50.3. The van der Waals surface area contributed by atoms with Crippen LogP contribution >= 0.6 is 0 Å². The van der Waals surface area contributed by atoms with Gasteiger partial charge in [0, 0.05) is 19.3 Å². The summed E-state index contributed by atoms with van der Waals surface area (Å²) in [6.07, 6.45) is 61.3. The molecule has 0 heterocycles. The van der Waals surface area contributed by atoms with Crippen LogP contribution in [0.5, 0.6) is 0 Å². The number of unbranched alkanes of at least 4 members (excludes halogenated alkanes) is 33. The average molecular weight is 885 g/mol. The van der Waals surface area contributed by atoms with E-state index in [-0.39, 0.29) is 31.1 Å². The van der Waals surface area contributed by atoms with E-state index in [1.165, 1.54) is 154 Å². The maximum absolute atomic E-state index is 12.8. The molecule has 0 saturated carbocycles. The summed E-state index contributed by atoms with van der Waals surface area (Å²) in [4.78, 5) is 38.0. The third kappa shape index (κ3) is 50.5. The summed E-state index contributed by atoms with van der Waals surface area (Å²) in [6, 6.07) is 0. The monoisotopic (exact) mass is 885 g/mol. The SMILES string of the molecule is CC/C=C\C/C=C\C/C=C\CCCCCCCC(=O)OC(COC(=O)CCCCCCCCCCCCC)COC(=O)CCCCCCCCCCCCCCCCCCCCC. The number of allylic oxidation sites excluding steroid dienone is 6. The summed E-state index contributed by atoms with van der Waals surface area (Å²) in [5, 5.41) is 0. The van der Waals surface area contributed by atoms with Crippen molar-refractivity contribution in [2.24, 2.45) is 0 Å². The van der Waals surface area contributed by atoms with Gasteiger partial charge in [-0.1, -0.05) is 256 Å². The summed E-state index contributed by atoms with van der Waals surface area (Å²) < 4.78 is 16.8. The molecule has 0 aliphatic heterocycles. The minimum Gasteiger partial charge on any atom is -0.462 e. The lowest BCUT2D eigenvalue weighted by Crippen LogP contribution is -2.30. The number of hydrogen-bond acceptors (Lipinski definition) is 6. The molecule has 0 amide bonds. The standard InChI is InChI=1S/C57H104O6/c1-4-7-10-13-16-19-22-24-26-27-28-29-31-32-35-38-41-44-47-50-56(59)62-53-54(52-61-55(58)49-46-43-40-37-34-21-18-15-12-9-6-3)63-57(60)51-48-45-42-39-36-33-30-25-23-20-17-14-11-8-5-2/h8,11,17,20,25,30,54H,4-7,9-10,12-16,18-19,21-24,26-29,31-53H2,1-3H3/b11-8-,20-17-,30-25-. The molecule has 0 N–H and O–H groups in total. The number of rotatable bonds is 50. The van der Waals surface area contributed by atoms with Crippen molar-refractivity contribution in [2.75, 3.05) is 13.2 Å². The van der Waals surface area contributed by atoms with Crippen molar-refractivity contribution in [3.63, 3.8) is 0 Å². The largest absolute Gasteiger partial charge is 0.462 e. The van der Waals surface area contributed by atoms with Crippen LogP contribution in [0.15, 0.2) is 36.5 Å². The van der Waals surface area contributed by atoms with Gasteiger partial charge in [-0.05, 0) is 51.4 Å². The molecule has 63 heavy (non-hydrogen) atoms.